The summed E-state index contributed by atoms with van der Waals surface area (Å²) in [6, 6.07) is 15.9. The molecule has 4 nitrogen and oxygen atoms in total. The van der Waals surface area contributed by atoms with Crippen molar-refractivity contribution in [2.24, 2.45) is 0 Å². The van der Waals surface area contributed by atoms with Crippen molar-refractivity contribution in [2.75, 3.05) is 4.90 Å². The predicted molar refractivity (Wildman–Crippen MR) is 119 cm³/mol. The summed E-state index contributed by atoms with van der Waals surface area (Å²) >= 11 is 1.54. The van der Waals surface area contributed by atoms with Gasteiger partial charge in [-0.15, -0.1) is 0 Å². The van der Waals surface area contributed by atoms with Crippen molar-refractivity contribution in [3.05, 3.63) is 82.8 Å². The van der Waals surface area contributed by atoms with Crippen LogP contribution in [-0.2, 0) is 6.54 Å². The Bertz CT molecular complexity index is 1160. The highest BCUT2D eigenvalue weighted by atomic mass is 32.1. The molecule has 0 bridgehead atoms. The predicted octanol–water partition coefficient (Wildman–Crippen LogP) is 6.48. The number of anilines is 1. The lowest BCUT2D eigenvalue weighted by Gasteiger charge is -2.20. The molecular formula is C24H24N2O2S. The first kappa shape index (κ1) is 19.4. The SMILES string of the molecule is Cc1ccc(C)c(C(=O)N(Cc2ccco2)c2nc3c(C(C)C)cccc3s2)c1. The van der Waals surface area contributed by atoms with Crippen LogP contribution in [0.15, 0.2) is 59.2 Å². The number of amides is 1. The van der Waals surface area contributed by atoms with Gasteiger partial charge < -0.3 is 4.42 Å². The van der Waals surface area contributed by atoms with E-state index in [1.807, 2.05) is 44.2 Å². The summed E-state index contributed by atoms with van der Waals surface area (Å²) in [7, 11) is 0. The zero-order valence-electron chi connectivity index (χ0n) is 17.1. The van der Waals surface area contributed by atoms with Crippen LogP contribution in [-0.4, -0.2) is 10.9 Å². The fourth-order valence-corrected chi connectivity index (χ4v) is 4.43. The summed E-state index contributed by atoms with van der Waals surface area (Å²) in [5.41, 5.74) is 4.88. The third-order valence-electron chi connectivity index (χ3n) is 5.05. The Morgan fingerprint density at radius 1 is 1.14 bits per heavy atom. The van der Waals surface area contributed by atoms with E-state index in [1.165, 1.54) is 5.56 Å². The molecule has 2 aromatic heterocycles. The first-order valence-corrected chi connectivity index (χ1v) is 10.6. The number of aryl methyl sites for hydroxylation is 2. The van der Waals surface area contributed by atoms with Crippen LogP contribution in [0, 0.1) is 13.8 Å². The Hall–Kier alpha value is -2.92. The molecule has 4 rings (SSSR count). The van der Waals surface area contributed by atoms with Crippen molar-refractivity contribution in [3.8, 4) is 0 Å². The average molecular weight is 405 g/mol. The molecule has 4 aromatic rings. The molecule has 2 aromatic carbocycles. The lowest BCUT2D eigenvalue weighted by Crippen LogP contribution is -2.30. The molecule has 5 heteroatoms. The lowest BCUT2D eigenvalue weighted by molar-refractivity contribution is 0.0982. The highest BCUT2D eigenvalue weighted by Gasteiger charge is 2.24. The molecule has 0 aliphatic rings. The number of para-hydroxylation sites is 1. The highest BCUT2D eigenvalue weighted by Crippen LogP contribution is 2.35. The summed E-state index contributed by atoms with van der Waals surface area (Å²) in [6.45, 7) is 8.63. The van der Waals surface area contributed by atoms with E-state index in [4.69, 9.17) is 9.40 Å². The molecule has 1 amide bonds. The molecule has 29 heavy (non-hydrogen) atoms. The molecule has 0 unspecified atom stereocenters. The minimum atomic E-state index is -0.0623. The zero-order valence-corrected chi connectivity index (χ0v) is 17.9. The second-order valence-corrected chi connectivity index (χ2v) is 8.64. The van der Waals surface area contributed by atoms with Crippen LogP contribution in [0.3, 0.4) is 0 Å². The Morgan fingerprint density at radius 3 is 2.69 bits per heavy atom. The minimum absolute atomic E-state index is 0.0623. The van der Waals surface area contributed by atoms with E-state index in [9.17, 15) is 4.79 Å². The van der Waals surface area contributed by atoms with Crippen LogP contribution >= 0.6 is 11.3 Å². The molecule has 0 saturated heterocycles. The number of rotatable bonds is 5. The van der Waals surface area contributed by atoms with Crippen molar-refractivity contribution in [1.29, 1.82) is 0 Å². The smallest absolute Gasteiger partial charge is 0.260 e. The molecule has 0 saturated carbocycles. The topological polar surface area (TPSA) is 46.3 Å². The second kappa shape index (κ2) is 7.84. The first-order valence-electron chi connectivity index (χ1n) is 9.75. The molecule has 2 heterocycles. The molecule has 0 spiro atoms. The van der Waals surface area contributed by atoms with Crippen LogP contribution in [0.4, 0.5) is 5.13 Å². The van der Waals surface area contributed by atoms with Gasteiger partial charge in [-0.25, -0.2) is 4.98 Å². The normalized spacial score (nSPS) is 11.3. The summed E-state index contributed by atoms with van der Waals surface area (Å²) in [5, 5.41) is 0.690. The molecule has 0 aliphatic carbocycles. The van der Waals surface area contributed by atoms with E-state index in [0.29, 0.717) is 23.2 Å². The van der Waals surface area contributed by atoms with Crippen LogP contribution in [0.5, 0.6) is 0 Å². The molecule has 0 radical (unpaired) electrons. The van der Waals surface area contributed by atoms with Gasteiger partial charge in [-0.2, -0.15) is 0 Å². The monoisotopic (exact) mass is 404 g/mol. The van der Waals surface area contributed by atoms with Gasteiger partial charge in [0.15, 0.2) is 5.13 Å². The van der Waals surface area contributed by atoms with E-state index < -0.39 is 0 Å². The van der Waals surface area contributed by atoms with E-state index in [1.54, 1.807) is 22.5 Å². The van der Waals surface area contributed by atoms with E-state index in [2.05, 4.69) is 32.0 Å². The van der Waals surface area contributed by atoms with Gasteiger partial charge in [0.1, 0.15) is 5.76 Å². The maximum Gasteiger partial charge on any atom is 0.260 e. The van der Waals surface area contributed by atoms with Gasteiger partial charge in [0.25, 0.3) is 5.91 Å². The number of thiazole rings is 1. The van der Waals surface area contributed by atoms with Crippen LogP contribution in [0.2, 0.25) is 0 Å². The molecular weight excluding hydrogens is 380 g/mol. The number of benzene rings is 2. The van der Waals surface area contributed by atoms with Gasteiger partial charge in [-0.05, 0) is 55.2 Å². The molecule has 148 valence electrons. The number of fused-ring (bicyclic) bond motifs is 1. The standard InChI is InChI=1S/C24H24N2O2S/c1-15(2)19-8-5-9-21-22(19)25-24(29-21)26(14-18-7-6-12-28-18)23(27)20-13-16(3)10-11-17(20)4/h5-13,15H,14H2,1-4H3. The van der Waals surface area contributed by atoms with Crippen molar-refractivity contribution >= 4 is 32.6 Å². The minimum Gasteiger partial charge on any atom is -0.467 e. The van der Waals surface area contributed by atoms with E-state index in [-0.39, 0.29) is 5.91 Å². The molecule has 0 atom stereocenters. The van der Waals surface area contributed by atoms with Gasteiger partial charge in [-0.1, -0.05) is 55.0 Å². The van der Waals surface area contributed by atoms with Gasteiger partial charge in [0, 0.05) is 5.56 Å². The summed E-state index contributed by atoms with van der Waals surface area (Å²) in [6.07, 6.45) is 1.63. The average Bonchev–Trinajstić information content (AvgIpc) is 3.36. The van der Waals surface area contributed by atoms with Gasteiger partial charge in [0.05, 0.1) is 23.0 Å². The van der Waals surface area contributed by atoms with Crippen LogP contribution in [0.25, 0.3) is 10.2 Å². The number of aromatic nitrogens is 1. The van der Waals surface area contributed by atoms with Crippen LogP contribution in [0.1, 0.15) is 52.6 Å². The number of hydrogen-bond acceptors (Lipinski definition) is 4. The Labute approximate surface area is 174 Å². The van der Waals surface area contributed by atoms with Crippen molar-refractivity contribution < 1.29 is 9.21 Å². The number of carbonyl (C=O) groups is 1. The summed E-state index contributed by atoms with van der Waals surface area (Å²) in [5.74, 6) is 1.03. The van der Waals surface area contributed by atoms with Gasteiger partial charge in [0.2, 0.25) is 0 Å². The van der Waals surface area contributed by atoms with Crippen molar-refractivity contribution in [3.63, 3.8) is 0 Å². The zero-order chi connectivity index (χ0) is 20.5. The van der Waals surface area contributed by atoms with Gasteiger partial charge >= 0.3 is 0 Å². The van der Waals surface area contributed by atoms with E-state index in [0.717, 1.165) is 27.1 Å². The fourth-order valence-electron chi connectivity index (χ4n) is 3.44. The maximum atomic E-state index is 13.6. The second-order valence-electron chi connectivity index (χ2n) is 7.63. The third-order valence-corrected chi connectivity index (χ3v) is 6.10. The molecule has 0 N–H and O–H groups in total. The van der Waals surface area contributed by atoms with E-state index >= 15 is 0 Å². The number of hydrogen-bond donors (Lipinski definition) is 0. The number of furan rings is 1. The number of nitrogens with zero attached hydrogens (tertiary/aromatic N) is 2. The van der Waals surface area contributed by atoms with Crippen LogP contribution < -0.4 is 4.90 Å². The van der Waals surface area contributed by atoms with Crippen molar-refractivity contribution in [1.82, 2.24) is 4.98 Å². The largest absolute Gasteiger partial charge is 0.467 e. The first-order chi connectivity index (χ1) is 13.9. The maximum absolute atomic E-state index is 13.6. The lowest BCUT2D eigenvalue weighted by atomic mass is 10.0. The van der Waals surface area contributed by atoms with Crippen molar-refractivity contribution in [2.45, 2.75) is 40.2 Å². The number of carbonyl (C=O) groups excluding carboxylic acids is 1. The Morgan fingerprint density at radius 2 is 1.97 bits per heavy atom. The Balaban J connectivity index is 1.83. The summed E-state index contributed by atoms with van der Waals surface area (Å²) < 4.78 is 6.63. The highest BCUT2D eigenvalue weighted by molar-refractivity contribution is 7.22. The molecule has 0 aliphatic heterocycles. The van der Waals surface area contributed by atoms with Gasteiger partial charge in [-0.3, -0.25) is 9.69 Å². The third kappa shape index (κ3) is 3.83. The summed E-state index contributed by atoms with van der Waals surface area (Å²) in [4.78, 5) is 20.2. The Kier molecular flexibility index (Phi) is 5.24. The molecule has 0 fully saturated rings. The quantitative estimate of drug-likeness (QED) is 0.383. The fraction of sp³-hybridized carbons (Fsp3) is 0.250.